The van der Waals surface area contributed by atoms with Crippen molar-refractivity contribution in [1.82, 2.24) is 10.6 Å². The lowest BCUT2D eigenvalue weighted by Crippen LogP contribution is -2.37. The molecule has 0 heterocycles. The lowest BCUT2D eigenvalue weighted by molar-refractivity contribution is -0.120. The fourth-order valence-corrected chi connectivity index (χ4v) is 2.84. The van der Waals surface area contributed by atoms with Crippen molar-refractivity contribution in [3.8, 4) is 0 Å². The van der Waals surface area contributed by atoms with Gasteiger partial charge < -0.3 is 10.6 Å². The van der Waals surface area contributed by atoms with Crippen molar-refractivity contribution in [3.05, 3.63) is 65.7 Å². The second kappa shape index (κ2) is 9.78. The zero-order valence-corrected chi connectivity index (χ0v) is 14.2. The quantitative estimate of drug-likeness (QED) is 0.559. The summed E-state index contributed by atoms with van der Waals surface area (Å²) >= 11 is 1.57. The van der Waals surface area contributed by atoms with Crippen molar-refractivity contribution in [2.75, 3.05) is 18.8 Å². The van der Waals surface area contributed by atoms with E-state index in [0.717, 1.165) is 17.1 Å². The van der Waals surface area contributed by atoms with Crippen LogP contribution in [0.4, 0.5) is 8.78 Å². The van der Waals surface area contributed by atoms with E-state index in [4.69, 9.17) is 0 Å². The van der Waals surface area contributed by atoms with Crippen LogP contribution in [0.2, 0.25) is 0 Å². The number of benzene rings is 2. The second-order valence-electron chi connectivity index (χ2n) is 5.17. The van der Waals surface area contributed by atoms with Gasteiger partial charge in [-0.2, -0.15) is 0 Å². The van der Waals surface area contributed by atoms with Crippen LogP contribution in [0.1, 0.15) is 16.8 Å². The Labute approximate surface area is 149 Å². The van der Waals surface area contributed by atoms with E-state index >= 15 is 0 Å². The summed E-state index contributed by atoms with van der Waals surface area (Å²) in [4.78, 5) is 24.4. The van der Waals surface area contributed by atoms with E-state index in [9.17, 15) is 18.4 Å². The van der Waals surface area contributed by atoms with E-state index in [-0.39, 0.29) is 23.8 Å². The summed E-state index contributed by atoms with van der Waals surface area (Å²) in [5.74, 6) is -1.09. The molecule has 2 amide bonds. The van der Waals surface area contributed by atoms with Crippen molar-refractivity contribution in [1.29, 1.82) is 0 Å². The zero-order chi connectivity index (χ0) is 18.1. The van der Waals surface area contributed by atoms with Crippen LogP contribution in [0, 0.1) is 11.6 Å². The molecule has 0 aliphatic carbocycles. The highest BCUT2D eigenvalue weighted by atomic mass is 32.2. The molecule has 2 aromatic rings. The number of hydrogen-bond acceptors (Lipinski definition) is 3. The third-order valence-electron chi connectivity index (χ3n) is 3.25. The molecule has 0 saturated heterocycles. The molecule has 0 radical (unpaired) electrons. The van der Waals surface area contributed by atoms with Crippen LogP contribution >= 0.6 is 11.8 Å². The van der Waals surface area contributed by atoms with Gasteiger partial charge in [-0.1, -0.05) is 12.1 Å². The predicted molar refractivity (Wildman–Crippen MR) is 93.5 cm³/mol. The van der Waals surface area contributed by atoms with E-state index in [1.807, 2.05) is 0 Å². The van der Waals surface area contributed by atoms with E-state index in [2.05, 4.69) is 10.6 Å². The number of carbonyl (C=O) groups is 2. The van der Waals surface area contributed by atoms with Gasteiger partial charge in [0.1, 0.15) is 11.6 Å². The first-order chi connectivity index (χ1) is 12.1. The van der Waals surface area contributed by atoms with Crippen LogP contribution in [-0.2, 0) is 4.79 Å². The van der Waals surface area contributed by atoms with Gasteiger partial charge in [0.05, 0.1) is 12.1 Å². The summed E-state index contributed by atoms with van der Waals surface area (Å²) in [6.45, 7) is 0.251. The molecule has 25 heavy (non-hydrogen) atoms. The fraction of sp³-hybridized carbons (Fsp3) is 0.222. The summed E-state index contributed by atoms with van der Waals surface area (Å²) in [6, 6.07) is 11.8. The number of amides is 2. The average molecular weight is 364 g/mol. The van der Waals surface area contributed by atoms with Gasteiger partial charge in [-0.05, 0) is 48.6 Å². The smallest absolute Gasteiger partial charge is 0.254 e. The molecular weight excluding hydrogens is 346 g/mol. The van der Waals surface area contributed by atoms with Gasteiger partial charge in [0.15, 0.2) is 0 Å². The van der Waals surface area contributed by atoms with Crippen molar-refractivity contribution in [2.24, 2.45) is 0 Å². The third kappa shape index (κ3) is 6.54. The molecule has 2 N–H and O–H groups in total. The Kier molecular flexibility index (Phi) is 7.40. The van der Waals surface area contributed by atoms with Crippen LogP contribution in [-0.4, -0.2) is 30.7 Å². The first kappa shape index (κ1) is 18.9. The summed E-state index contributed by atoms with van der Waals surface area (Å²) < 4.78 is 26.2. The van der Waals surface area contributed by atoms with Gasteiger partial charge >= 0.3 is 0 Å². The van der Waals surface area contributed by atoms with Crippen LogP contribution in [0.15, 0.2) is 53.4 Å². The maximum atomic E-state index is 13.4. The number of hydrogen-bond donors (Lipinski definition) is 2. The number of halogens is 2. The highest BCUT2D eigenvalue weighted by Crippen LogP contribution is 2.18. The maximum Gasteiger partial charge on any atom is 0.254 e. The van der Waals surface area contributed by atoms with Crippen LogP contribution < -0.4 is 10.6 Å². The molecule has 0 atom stereocenters. The van der Waals surface area contributed by atoms with Crippen LogP contribution in [0.25, 0.3) is 0 Å². The first-order valence-corrected chi connectivity index (χ1v) is 8.72. The predicted octanol–water partition coefficient (Wildman–Crippen LogP) is 2.99. The van der Waals surface area contributed by atoms with Crippen molar-refractivity contribution < 1.29 is 18.4 Å². The van der Waals surface area contributed by atoms with Crippen molar-refractivity contribution >= 4 is 23.6 Å². The van der Waals surface area contributed by atoms with Gasteiger partial charge in [0.2, 0.25) is 5.91 Å². The summed E-state index contributed by atoms with van der Waals surface area (Å²) in [5, 5.41) is 5.06. The number of carbonyl (C=O) groups excluding carboxylic acids is 2. The molecule has 4 nitrogen and oxygen atoms in total. The van der Waals surface area contributed by atoms with Crippen LogP contribution in [0.3, 0.4) is 0 Å². The average Bonchev–Trinajstić information content (AvgIpc) is 2.61. The molecular formula is C18H18F2N2O2S. The number of thioether (sulfide) groups is 1. The minimum Gasteiger partial charge on any atom is -0.355 e. The van der Waals surface area contributed by atoms with E-state index in [1.54, 1.807) is 30.0 Å². The number of nitrogens with one attached hydrogen (secondary N) is 2. The highest BCUT2D eigenvalue weighted by Gasteiger charge is 2.11. The summed E-state index contributed by atoms with van der Waals surface area (Å²) in [5.41, 5.74) is -0.0917. The molecule has 0 aromatic heterocycles. The van der Waals surface area contributed by atoms with Crippen molar-refractivity contribution in [2.45, 2.75) is 11.3 Å². The molecule has 7 heteroatoms. The minimum atomic E-state index is -0.627. The Morgan fingerprint density at radius 1 is 0.960 bits per heavy atom. The second-order valence-corrected chi connectivity index (χ2v) is 6.34. The largest absolute Gasteiger partial charge is 0.355 e. The monoisotopic (exact) mass is 364 g/mol. The summed E-state index contributed by atoms with van der Waals surface area (Å²) in [6.07, 6.45) is 0.731. The molecule has 132 valence electrons. The molecule has 0 aliphatic rings. The Balaban J connectivity index is 1.60. The SMILES string of the molecule is O=C(CNC(=O)c1ccccc1F)NCCCSc1ccc(F)cc1. The molecule has 0 fully saturated rings. The standard InChI is InChI=1S/C18H18F2N2O2S/c19-13-6-8-14(9-7-13)25-11-3-10-21-17(23)12-22-18(24)15-4-1-2-5-16(15)20/h1-2,4-9H,3,10-12H2,(H,21,23)(H,22,24). The summed E-state index contributed by atoms with van der Waals surface area (Å²) in [7, 11) is 0. The molecule has 0 unspecified atom stereocenters. The number of rotatable bonds is 8. The molecule has 0 spiro atoms. The fourth-order valence-electron chi connectivity index (χ4n) is 1.98. The van der Waals surface area contributed by atoms with Gasteiger partial charge in [-0.15, -0.1) is 11.8 Å². The van der Waals surface area contributed by atoms with E-state index < -0.39 is 11.7 Å². The Bertz CT molecular complexity index is 723. The lowest BCUT2D eigenvalue weighted by Gasteiger charge is -2.07. The van der Waals surface area contributed by atoms with Crippen LogP contribution in [0.5, 0.6) is 0 Å². The van der Waals surface area contributed by atoms with Gasteiger partial charge in [-0.3, -0.25) is 9.59 Å². The van der Waals surface area contributed by atoms with Crippen molar-refractivity contribution in [3.63, 3.8) is 0 Å². The topological polar surface area (TPSA) is 58.2 Å². The van der Waals surface area contributed by atoms with E-state index in [0.29, 0.717) is 6.54 Å². The Morgan fingerprint density at radius 2 is 1.68 bits per heavy atom. The first-order valence-electron chi connectivity index (χ1n) is 7.74. The molecule has 0 aliphatic heterocycles. The zero-order valence-electron chi connectivity index (χ0n) is 13.4. The van der Waals surface area contributed by atoms with Gasteiger partial charge in [0.25, 0.3) is 5.91 Å². The molecule has 0 bridgehead atoms. The molecule has 2 rings (SSSR count). The minimum absolute atomic E-state index is 0.0917. The third-order valence-corrected chi connectivity index (χ3v) is 4.35. The Hall–Kier alpha value is -2.41. The Morgan fingerprint density at radius 3 is 2.40 bits per heavy atom. The van der Waals surface area contributed by atoms with Gasteiger partial charge in [-0.25, -0.2) is 8.78 Å². The highest BCUT2D eigenvalue weighted by molar-refractivity contribution is 7.99. The molecule has 2 aromatic carbocycles. The normalized spacial score (nSPS) is 10.3. The van der Waals surface area contributed by atoms with E-state index in [1.165, 1.54) is 30.3 Å². The molecule has 0 saturated carbocycles. The van der Waals surface area contributed by atoms with Gasteiger partial charge in [0, 0.05) is 11.4 Å². The lowest BCUT2D eigenvalue weighted by atomic mass is 10.2. The maximum absolute atomic E-state index is 13.4.